The Morgan fingerprint density at radius 1 is 1.26 bits per heavy atom. The van der Waals surface area contributed by atoms with Crippen LogP contribution in [-0.4, -0.2) is 46.8 Å². The van der Waals surface area contributed by atoms with Crippen molar-refractivity contribution in [3.05, 3.63) is 17.5 Å². The molecule has 2 aliphatic rings. The Morgan fingerprint density at radius 2 is 1.95 bits per heavy atom. The molecule has 1 saturated carbocycles. The van der Waals surface area contributed by atoms with Crippen molar-refractivity contribution in [2.75, 3.05) is 20.1 Å². The van der Waals surface area contributed by atoms with Gasteiger partial charge in [-0.3, -0.25) is 9.48 Å². The second kappa shape index (κ2) is 4.96. The molecule has 0 spiro atoms. The number of carbonyl (C=O) groups excluding carboxylic acids is 1. The molecule has 1 aliphatic carbocycles. The monoisotopic (exact) mass is 262 g/mol. The average Bonchev–Trinajstić information content (AvgIpc) is 3.15. The summed E-state index contributed by atoms with van der Waals surface area (Å²) in [6.45, 7) is 2.11. The van der Waals surface area contributed by atoms with E-state index in [4.69, 9.17) is 0 Å². The lowest BCUT2D eigenvalue weighted by molar-refractivity contribution is 0.0911. The third kappa shape index (κ3) is 2.81. The van der Waals surface area contributed by atoms with Crippen LogP contribution in [0, 0.1) is 0 Å². The molecule has 1 aromatic heterocycles. The topological polar surface area (TPSA) is 50.2 Å². The van der Waals surface area contributed by atoms with E-state index >= 15 is 0 Å². The number of likely N-dealkylation sites (tertiary alicyclic amines) is 1. The third-order valence-electron chi connectivity index (χ3n) is 4.20. The average molecular weight is 262 g/mol. The van der Waals surface area contributed by atoms with Gasteiger partial charge in [0, 0.05) is 24.7 Å². The molecule has 5 heteroatoms. The normalized spacial score (nSPS) is 21.6. The maximum Gasteiger partial charge on any atom is 0.272 e. The minimum Gasteiger partial charge on any atom is -0.348 e. The van der Waals surface area contributed by atoms with Crippen LogP contribution in [0.1, 0.15) is 47.8 Å². The standard InChI is InChI=1S/C14H22N4O/c1-17-7-5-11(6-8-17)15-14(19)12-9-13(10-3-4-10)18(2)16-12/h9-11H,3-8H2,1-2H3,(H,15,19). The first-order valence-corrected chi connectivity index (χ1v) is 7.17. The van der Waals surface area contributed by atoms with E-state index in [1.54, 1.807) is 0 Å². The largest absolute Gasteiger partial charge is 0.348 e. The Hall–Kier alpha value is -1.36. The highest BCUT2D eigenvalue weighted by molar-refractivity contribution is 5.92. The van der Waals surface area contributed by atoms with Crippen molar-refractivity contribution in [1.29, 1.82) is 0 Å². The van der Waals surface area contributed by atoms with Crippen molar-refractivity contribution >= 4 is 5.91 Å². The van der Waals surface area contributed by atoms with Crippen molar-refractivity contribution in [1.82, 2.24) is 20.0 Å². The van der Waals surface area contributed by atoms with E-state index in [0.717, 1.165) is 25.9 Å². The van der Waals surface area contributed by atoms with Crippen LogP contribution in [0.2, 0.25) is 0 Å². The molecule has 19 heavy (non-hydrogen) atoms. The molecule has 0 aromatic carbocycles. The fourth-order valence-electron chi connectivity index (χ4n) is 2.77. The third-order valence-corrected chi connectivity index (χ3v) is 4.20. The fourth-order valence-corrected chi connectivity index (χ4v) is 2.77. The summed E-state index contributed by atoms with van der Waals surface area (Å²) in [4.78, 5) is 14.5. The van der Waals surface area contributed by atoms with Crippen LogP contribution in [0.15, 0.2) is 6.07 Å². The molecule has 2 fully saturated rings. The van der Waals surface area contributed by atoms with Crippen molar-refractivity contribution in [2.24, 2.45) is 7.05 Å². The molecule has 1 aliphatic heterocycles. The summed E-state index contributed by atoms with van der Waals surface area (Å²) >= 11 is 0. The van der Waals surface area contributed by atoms with Gasteiger partial charge in [0.15, 0.2) is 0 Å². The summed E-state index contributed by atoms with van der Waals surface area (Å²) in [5.74, 6) is 0.611. The lowest BCUT2D eigenvalue weighted by atomic mass is 10.1. The Kier molecular flexibility index (Phi) is 3.31. The van der Waals surface area contributed by atoms with E-state index in [0.29, 0.717) is 17.7 Å². The zero-order valence-electron chi connectivity index (χ0n) is 11.7. The first-order chi connectivity index (χ1) is 9.13. The molecule has 1 saturated heterocycles. The molecule has 0 radical (unpaired) electrons. The predicted octanol–water partition coefficient (Wildman–Crippen LogP) is 1.12. The lowest BCUT2D eigenvalue weighted by Crippen LogP contribution is -2.43. The molecule has 1 N–H and O–H groups in total. The van der Waals surface area contributed by atoms with E-state index in [1.807, 2.05) is 17.8 Å². The van der Waals surface area contributed by atoms with Crippen LogP contribution in [0.4, 0.5) is 0 Å². The van der Waals surface area contributed by atoms with Crippen molar-refractivity contribution in [3.8, 4) is 0 Å². The van der Waals surface area contributed by atoms with E-state index < -0.39 is 0 Å². The van der Waals surface area contributed by atoms with Crippen LogP contribution in [0.5, 0.6) is 0 Å². The Balaban J connectivity index is 1.62. The number of nitrogens with one attached hydrogen (secondary N) is 1. The number of carbonyl (C=O) groups is 1. The Labute approximate surface area is 114 Å². The molecule has 104 valence electrons. The second-order valence-corrected chi connectivity index (χ2v) is 5.90. The smallest absolute Gasteiger partial charge is 0.272 e. The van der Waals surface area contributed by atoms with Crippen LogP contribution in [-0.2, 0) is 7.05 Å². The predicted molar refractivity (Wildman–Crippen MR) is 73.2 cm³/mol. The van der Waals surface area contributed by atoms with Gasteiger partial charge in [0.2, 0.25) is 0 Å². The number of rotatable bonds is 3. The quantitative estimate of drug-likeness (QED) is 0.888. The van der Waals surface area contributed by atoms with Crippen molar-refractivity contribution < 1.29 is 4.79 Å². The molecule has 2 heterocycles. The summed E-state index contributed by atoms with van der Waals surface area (Å²) < 4.78 is 1.86. The van der Waals surface area contributed by atoms with Crippen molar-refractivity contribution in [3.63, 3.8) is 0 Å². The number of amides is 1. The molecule has 1 amide bonds. The minimum atomic E-state index is -0.0166. The first kappa shape index (κ1) is 12.7. The summed E-state index contributed by atoms with van der Waals surface area (Å²) in [5.41, 5.74) is 1.77. The van der Waals surface area contributed by atoms with Gasteiger partial charge in [0.25, 0.3) is 5.91 Å². The van der Waals surface area contributed by atoms with Gasteiger partial charge in [-0.15, -0.1) is 0 Å². The summed E-state index contributed by atoms with van der Waals surface area (Å²) in [5, 5.41) is 7.46. The van der Waals surface area contributed by atoms with Crippen LogP contribution in [0.3, 0.4) is 0 Å². The number of piperidine rings is 1. The molecule has 1 aromatic rings. The number of hydrogen-bond donors (Lipinski definition) is 1. The van der Waals surface area contributed by atoms with Crippen LogP contribution in [0.25, 0.3) is 0 Å². The maximum atomic E-state index is 12.2. The maximum absolute atomic E-state index is 12.2. The summed E-state index contributed by atoms with van der Waals surface area (Å²) in [7, 11) is 4.05. The Morgan fingerprint density at radius 3 is 2.58 bits per heavy atom. The molecule has 0 unspecified atom stereocenters. The molecule has 0 bridgehead atoms. The SMILES string of the molecule is CN1CCC(NC(=O)c2cc(C3CC3)n(C)n2)CC1. The number of hydrogen-bond acceptors (Lipinski definition) is 3. The van der Waals surface area contributed by atoms with Gasteiger partial charge in [-0.2, -0.15) is 5.10 Å². The summed E-state index contributed by atoms with van der Waals surface area (Å²) in [6, 6.07) is 2.26. The highest BCUT2D eigenvalue weighted by Crippen LogP contribution is 2.39. The van der Waals surface area contributed by atoms with E-state index in [1.165, 1.54) is 18.5 Å². The fraction of sp³-hybridized carbons (Fsp3) is 0.714. The van der Waals surface area contributed by atoms with E-state index in [-0.39, 0.29) is 5.91 Å². The van der Waals surface area contributed by atoms with Crippen molar-refractivity contribution in [2.45, 2.75) is 37.6 Å². The van der Waals surface area contributed by atoms with E-state index in [9.17, 15) is 4.79 Å². The second-order valence-electron chi connectivity index (χ2n) is 5.90. The van der Waals surface area contributed by atoms with Gasteiger partial charge in [-0.25, -0.2) is 0 Å². The molecular formula is C14H22N4O. The summed E-state index contributed by atoms with van der Waals surface area (Å²) in [6.07, 6.45) is 4.53. The number of aryl methyl sites for hydroxylation is 1. The molecular weight excluding hydrogens is 240 g/mol. The zero-order chi connectivity index (χ0) is 13.4. The Bertz CT molecular complexity index is 470. The van der Waals surface area contributed by atoms with Gasteiger partial charge in [-0.05, 0) is 51.9 Å². The first-order valence-electron chi connectivity index (χ1n) is 7.17. The zero-order valence-corrected chi connectivity index (χ0v) is 11.7. The lowest BCUT2D eigenvalue weighted by Gasteiger charge is -2.29. The van der Waals surface area contributed by atoms with Crippen LogP contribution >= 0.6 is 0 Å². The van der Waals surface area contributed by atoms with Crippen LogP contribution < -0.4 is 5.32 Å². The molecule has 5 nitrogen and oxygen atoms in total. The van der Waals surface area contributed by atoms with Gasteiger partial charge >= 0.3 is 0 Å². The van der Waals surface area contributed by atoms with Gasteiger partial charge in [-0.1, -0.05) is 0 Å². The number of nitrogens with zero attached hydrogens (tertiary/aromatic N) is 3. The van der Waals surface area contributed by atoms with Gasteiger partial charge < -0.3 is 10.2 Å². The number of aromatic nitrogens is 2. The molecule has 3 rings (SSSR count). The van der Waals surface area contributed by atoms with E-state index in [2.05, 4.69) is 22.4 Å². The van der Waals surface area contributed by atoms with Gasteiger partial charge in [0.05, 0.1) is 0 Å². The minimum absolute atomic E-state index is 0.0166. The van der Waals surface area contributed by atoms with Gasteiger partial charge in [0.1, 0.15) is 5.69 Å². The highest BCUT2D eigenvalue weighted by atomic mass is 16.2. The highest BCUT2D eigenvalue weighted by Gasteiger charge is 2.28. The molecule has 0 atom stereocenters.